The van der Waals surface area contributed by atoms with Crippen LogP contribution in [-0.2, 0) is 0 Å². The van der Waals surface area contributed by atoms with Crippen LogP contribution in [0.1, 0.15) is 17.3 Å². The zero-order valence-electron chi connectivity index (χ0n) is 12.7. The van der Waals surface area contributed by atoms with Gasteiger partial charge in [-0.3, -0.25) is 4.79 Å². The van der Waals surface area contributed by atoms with E-state index >= 15 is 0 Å². The van der Waals surface area contributed by atoms with E-state index in [2.05, 4.69) is 4.74 Å². The summed E-state index contributed by atoms with van der Waals surface area (Å²) in [5.41, 5.74) is 0.338. The van der Waals surface area contributed by atoms with E-state index in [0.29, 0.717) is 22.8 Å². The highest BCUT2D eigenvalue weighted by Crippen LogP contribution is 2.35. The monoisotopic (exact) mass is 336 g/mol. The predicted molar refractivity (Wildman–Crippen MR) is 80.1 cm³/mol. The van der Waals surface area contributed by atoms with Crippen molar-refractivity contribution in [1.29, 1.82) is 0 Å². The summed E-state index contributed by atoms with van der Waals surface area (Å²) >= 11 is 0. The fraction of sp³-hybridized carbons (Fsp3) is 0.235. The van der Waals surface area contributed by atoms with Gasteiger partial charge in [0.2, 0.25) is 12.6 Å². The van der Waals surface area contributed by atoms with Gasteiger partial charge in [-0.2, -0.15) is 8.78 Å². The number of fused-ring (bicyclic) bond motifs is 1. The van der Waals surface area contributed by atoms with Crippen LogP contribution in [0.2, 0.25) is 0 Å². The molecule has 1 aliphatic heterocycles. The molecule has 0 fully saturated rings. The van der Waals surface area contributed by atoms with Crippen LogP contribution in [0.4, 0.5) is 8.78 Å². The molecule has 0 spiro atoms. The maximum absolute atomic E-state index is 12.3. The summed E-state index contributed by atoms with van der Waals surface area (Å²) in [6.45, 7) is -1.14. The third kappa shape index (κ3) is 3.56. The highest BCUT2D eigenvalue weighted by molar-refractivity contribution is 5.99. The second-order valence-electron chi connectivity index (χ2n) is 5.04. The third-order valence-electron chi connectivity index (χ3n) is 3.39. The Morgan fingerprint density at radius 2 is 1.67 bits per heavy atom. The minimum absolute atomic E-state index is 0.00843. The Hall–Kier alpha value is -2.83. The zero-order valence-corrected chi connectivity index (χ0v) is 12.7. The smallest absolute Gasteiger partial charge is 0.387 e. The number of alkyl halides is 2. The van der Waals surface area contributed by atoms with E-state index in [4.69, 9.17) is 14.2 Å². The largest absolute Gasteiger partial charge is 0.482 e. The summed E-state index contributed by atoms with van der Waals surface area (Å²) in [5.74, 6) is 1.36. The number of ketones is 1. The fourth-order valence-electron chi connectivity index (χ4n) is 2.24. The lowest BCUT2D eigenvalue weighted by Gasteiger charge is -2.14. The van der Waals surface area contributed by atoms with Crippen molar-refractivity contribution >= 4 is 5.78 Å². The van der Waals surface area contributed by atoms with Crippen LogP contribution in [0.3, 0.4) is 0 Å². The second-order valence-corrected chi connectivity index (χ2v) is 5.04. The molecule has 0 N–H and O–H groups in total. The summed E-state index contributed by atoms with van der Waals surface area (Å²) < 4.78 is 44.5. The van der Waals surface area contributed by atoms with Crippen LogP contribution < -0.4 is 18.9 Å². The molecule has 2 aromatic carbocycles. The van der Waals surface area contributed by atoms with Crippen LogP contribution in [0.5, 0.6) is 23.0 Å². The van der Waals surface area contributed by atoms with Gasteiger partial charge in [0.1, 0.15) is 11.5 Å². The van der Waals surface area contributed by atoms with Crippen molar-refractivity contribution in [1.82, 2.24) is 0 Å². The molecule has 1 aliphatic rings. The third-order valence-corrected chi connectivity index (χ3v) is 3.39. The first-order valence-corrected chi connectivity index (χ1v) is 7.18. The number of ether oxygens (including phenoxy) is 4. The Kier molecular flexibility index (Phi) is 4.50. The normalized spacial score (nSPS) is 13.7. The minimum Gasteiger partial charge on any atom is -0.482 e. The molecule has 0 saturated carbocycles. The van der Waals surface area contributed by atoms with E-state index < -0.39 is 12.7 Å². The molecule has 0 radical (unpaired) electrons. The summed E-state index contributed by atoms with van der Waals surface area (Å²) in [6, 6.07) is 10.5. The second kappa shape index (κ2) is 6.74. The summed E-state index contributed by atoms with van der Waals surface area (Å²) in [7, 11) is 0. The molecule has 7 heteroatoms. The number of benzene rings is 2. The maximum Gasteiger partial charge on any atom is 0.387 e. The molecule has 126 valence electrons. The van der Waals surface area contributed by atoms with Gasteiger partial charge in [0.15, 0.2) is 17.6 Å². The van der Waals surface area contributed by atoms with Gasteiger partial charge in [-0.05, 0) is 43.3 Å². The molecule has 24 heavy (non-hydrogen) atoms. The standard InChI is InChI=1S/C17H14F2O5/c1-10(23-13-6-7-14-15(8-13)22-9-21-14)16(20)11-2-4-12(5-3-11)24-17(18)19/h2-8,10,17H,9H2,1H3. The van der Waals surface area contributed by atoms with Crippen molar-refractivity contribution in [2.75, 3.05) is 6.79 Å². The first-order valence-electron chi connectivity index (χ1n) is 7.18. The number of carbonyl (C=O) groups excluding carboxylic acids is 1. The highest BCUT2D eigenvalue weighted by Gasteiger charge is 2.19. The van der Waals surface area contributed by atoms with Gasteiger partial charge >= 0.3 is 6.61 Å². The number of Topliss-reactive ketones (excluding diaryl/α,β-unsaturated/α-hetero) is 1. The molecule has 0 aliphatic carbocycles. The van der Waals surface area contributed by atoms with Crippen LogP contribution in [-0.4, -0.2) is 25.3 Å². The van der Waals surface area contributed by atoms with Gasteiger partial charge in [0.05, 0.1) is 0 Å². The molecule has 5 nitrogen and oxygen atoms in total. The van der Waals surface area contributed by atoms with Gasteiger partial charge in [0, 0.05) is 11.6 Å². The Morgan fingerprint density at radius 3 is 2.38 bits per heavy atom. The van der Waals surface area contributed by atoms with E-state index in [1.54, 1.807) is 25.1 Å². The Labute approximate surface area is 136 Å². The summed E-state index contributed by atoms with van der Waals surface area (Å²) in [6.07, 6.45) is -0.757. The molecule has 1 atom stereocenters. The van der Waals surface area contributed by atoms with Gasteiger partial charge in [-0.25, -0.2) is 0 Å². The SMILES string of the molecule is CC(Oc1ccc2c(c1)OCO2)C(=O)c1ccc(OC(F)F)cc1. The van der Waals surface area contributed by atoms with E-state index in [-0.39, 0.29) is 18.3 Å². The van der Waals surface area contributed by atoms with Crippen molar-refractivity contribution < 1.29 is 32.5 Å². The molecule has 0 bridgehead atoms. The minimum atomic E-state index is -2.90. The molecule has 3 rings (SSSR count). The number of rotatable bonds is 6. The zero-order chi connectivity index (χ0) is 17.1. The lowest BCUT2D eigenvalue weighted by molar-refractivity contribution is -0.0498. The molecule has 0 aromatic heterocycles. The van der Waals surface area contributed by atoms with Crippen LogP contribution >= 0.6 is 0 Å². The van der Waals surface area contributed by atoms with Crippen molar-refractivity contribution in [3.8, 4) is 23.0 Å². The van der Waals surface area contributed by atoms with Crippen molar-refractivity contribution in [3.63, 3.8) is 0 Å². The molecule has 1 heterocycles. The molecule has 0 amide bonds. The highest BCUT2D eigenvalue weighted by atomic mass is 19.3. The molecule has 0 saturated heterocycles. The number of carbonyl (C=O) groups is 1. The average molecular weight is 336 g/mol. The first-order chi connectivity index (χ1) is 11.5. The van der Waals surface area contributed by atoms with Gasteiger partial charge in [0.25, 0.3) is 0 Å². The van der Waals surface area contributed by atoms with Gasteiger partial charge in [-0.1, -0.05) is 0 Å². The molecule has 1 unspecified atom stereocenters. The molecular formula is C17H14F2O5. The summed E-state index contributed by atoms with van der Waals surface area (Å²) in [4.78, 5) is 12.3. The van der Waals surface area contributed by atoms with Crippen molar-refractivity contribution in [3.05, 3.63) is 48.0 Å². The van der Waals surface area contributed by atoms with Crippen molar-refractivity contribution in [2.45, 2.75) is 19.6 Å². The molecule has 2 aromatic rings. The Balaban J connectivity index is 1.66. The topological polar surface area (TPSA) is 54.0 Å². The van der Waals surface area contributed by atoms with E-state index in [1.807, 2.05) is 0 Å². The van der Waals surface area contributed by atoms with E-state index in [0.717, 1.165) is 0 Å². The van der Waals surface area contributed by atoms with E-state index in [1.165, 1.54) is 24.3 Å². The van der Waals surface area contributed by atoms with Crippen LogP contribution in [0.15, 0.2) is 42.5 Å². The lowest BCUT2D eigenvalue weighted by atomic mass is 10.1. The van der Waals surface area contributed by atoms with Gasteiger partial charge < -0.3 is 18.9 Å². The maximum atomic E-state index is 12.3. The predicted octanol–water partition coefficient (Wildman–Crippen LogP) is 3.67. The van der Waals surface area contributed by atoms with Crippen LogP contribution in [0, 0.1) is 0 Å². The quantitative estimate of drug-likeness (QED) is 0.754. The fourth-order valence-corrected chi connectivity index (χ4v) is 2.24. The lowest BCUT2D eigenvalue weighted by Crippen LogP contribution is -2.23. The van der Waals surface area contributed by atoms with E-state index in [9.17, 15) is 13.6 Å². The number of halogens is 2. The summed E-state index contributed by atoms with van der Waals surface area (Å²) in [5, 5.41) is 0. The Bertz CT molecular complexity index is 730. The average Bonchev–Trinajstić information content (AvgIpc) is 3.02. The molecular weight excluding hydrogens is 322 g/mol. The number of hydrogen-bond acceptors (Lipinski definition) is 5. The number of hydrogen-bond donors (Lipinski definition) is 0. The Morgan fingerprint density at radius 1 is 1.00 bits per heavy atom. The van der Waals surface area contributed by atoms with Crippen molar-refractivity contribution in [2.24, 2.45) is 0 Å². The van der Waals surface area contributed by atoms with Crippen LogP contribution in [0.25, 0.3) is 0 Å². The first kappa shape index (κ1) is 16.0. The van der Waals surface area contributed by atoms with Gasteiger partial charge in [-0.15, -0.1) is 0 Å².